The van der Waals surface area contributed by atoms with Crippen molar-refractivity contribution in [2.24, 2.45) is 4.99 Å². The molecule has 0 aliphatic rings. The molecule has 0 unspecified atom stereocenters. The molecule has 0 saturated carbocycles. The van der Waals surface area contributed by atoms with Gasteiger partial charge in [0.2, 0.25) is 0 Å². The van der Waals surface area contributed by atoms with E-state index >= 15 is 0 Å². The summed E-state index contributed by atoms with van der Waals surface area (Å²) in [6.07, 6.45) is -4.38. The Hall–Kier alpha value is -3.10. The molecule has 2 rings (SSSR count). The summed E-state index contributed by atoms with van der Waals surface area (Å²) >= 11 is 0. The molecular formula is C20H24F3N3O3. The van der Waals surface area contributed by atoms with Gasteiger partial charge in [0, 0.05) is 18.3 Å². The number of anilines is 1. The van der Waals surface area contributed by atoms with Gasteiger partial charge in [0.25, 0.3) is 0 Å². The number of nitrogens with one attached hydrogen (secondary N) is 2. The molecule has 6 nitrogen and oxygen atoms in total. The van der Waals surface area contributed by atoms with Crippen molar-refractivity contribution < 1.29 is 27.4 Å². The Morgan fingerprint density at radius 1 is 1.03 bits per heavy atom. The number of alkyl halides is 3. The van der Waals surface area contributed by atoms with Crippen LogP contribution in [0.3, 0.4) is 0 Å². The monoisotopic (exact) mass is 411 g/mol. The number of nitrogens with zero attached hydrogens (tertiary/aromatic N) is 1. The van der Waals surface area contributed by atoms with Gasteiger partial charge in [-0.05, 0) is 36.8 Å². The SMILES string of the molecule is CCNC(=NCc1cccc(OCC(F)(F)F)c1)Nc1ccc(OC)c(OC)c1. The number of benzene rings is 2. The Balaban J connectivity index is 2.09. The van der Waals surface area contributed by atoms with E-state index in [9.17, 15) is 13.2 Å². The van der Waals surface area contributed by atoms with Crippen LogP contribution >= 0.6 is 0 Å². The van der Waals surface area contributed by atoms with Gasteiger partial charge in [0.15, 0.2) is 24.1 Å². The van der Waals surface area contributed by atoms with Gasteiger partial charge >= 0.3 is 6.18 Å². The molecule has 158 valence electrons. The van der Waals surface area contributed by atoms with Crippen LogP contribution in [0.2, 0.25) is 0 Å². The Labute approximate surface area is 167 Å². The average Bonchev–Trinajstić information content (AvgIpc) is 2.70. The zero-order valence-corrected chi connectivity index (χ0v) is 16.5. The third kappa shape index (κ3) is 7.44. The molecule has 0 atom stereocenters. The van der Waals surface area contributed by atoms with Crippen molar-refractivity contribution in [2.75, 3.05) is 32.7 Å². The van der Waals surface area contributed by atoms with Gasteiger partial charge in [-0.2, -0.15) is 13.2 Å². The molecule has 0 bridgehead atoms. The van der Waals surface area contributed by atoms with E-state index < -0.39 is 12.8 Å². The van der Waals surface area contributed by atoms with Crippen molar-refractivity contribution in [2.45, 2.75) is 19.6 Å². The normalized spacial score (nSPS) is 11.7. The highest BCUT2D eigenvalue weighted by Crippen LogP contribution is 2.29. The molecule has 29 heavy (non-hydrogen) atoms. The minimum Gasteiger partial charge on any atom is -0.493 e. The Morgan fingerprint density at radius 3 is 2.45 bits per heavy atom. The molecular weight excluding hydrogens is 387 g/mol. The predicted octanol–water partition coefficient (Wildman–Crippen LogP) is 4.22. The molecule has 0 aliphatic carbocycles. The van der Waals surface area contributed by atoms with E-state index in [2.05, 4.69) is 15.6 Å². The summed E-state index contributed by atoms with van der Waals surface area (Å²) in [6.45, 7) is 1.49. The van der Waals surface area contributed by atoms with E-state index in [-0.39, 0.29) is 12.3 Å². The molecule has 0 spiro atoms. The fourth-order valence-electron chi connectivity index (χ4n) is 2.43. The van der Waals surface area contributed by atoms with Crippen LogP contribution in [0.1, 0.15) is 12.5 Å². The summed E-state index contributed by atoms with van der Waals surface area (Å²) in [6, 6.07) is 11.8. The number of hydrogen-bond donors (Lipinski definition) is 2. The van der Waals surface area contributed by atoms with Gasteiger partial charge in [-0.15, -0.1) is 0 Å². The summed E-state index contributed by atoms with van der Waals surface area (Å²) < 4.78 is 52.2. The number of halogens is 3. The van der Waals surface area contributed by atoms with Gasteiger partial charge in [-0.25, -0.2) is 4.99 Å². The Bertz CT molecular complexity index is 826. The van der Waals surface area contributed by atoms with Gasteiger partial charge < -0.3 is 24.8 Å². The maximum atomic E-state index is 12.3. The molecule has 9 heteroatoms. The van der Waals surface area contributed by atoms with E-state index in [4.69, 9.17) is 14.2 Å². The molecule has 2 N–H and O–H groups in total. The first-order chi connectivity index (χ1) is 13.8. The summed E-state index contributed by atoms with van der Waals surface area (Å²) in [7, 11) is 3.11. The minimum absolute atomic E-state index is 0.146. The number of rotatable bonds is 8. The van der Waals surface area contributed by atoms with E-state index in [0.29, 0.717) is 29.6 Å². The van der Waals surface area contributed by atoms with Crippen LogP contribution in [-0.4, -0.2) is 39.5 Å². The Morgan fingerprint density at radius 2 is 1.79 bits per heavy atom. The minimum atomic E-state index is -4.38. The largest absolute Gasteiger partial charge is 0.493 e. The van der Waals surface area contributed by atoms with Crippen molar-refractivity contribution in [3.63, 3.8) is 0 Å². The first-order valence-corrected chi connectivity index (χ1v) is 8.90. The summed E-state index contributed by atoms with van der Waals surface area (Å²) in [4.78, 5) is 4.47. The highest BCUT2D eigenvalue weighted by Gasteiger charge is 2.28. The molecule has 0 amide bonds. The summed E-state index contributed by atoms with van der Waals surface area (Å²) in [5.74, 6) is 1.84. The van der Waals surface area contributed by atoms with Crippen LogP contribution in [0.25, 0.3) is 0 Å². The zero-order chi connectivity index (χ0) is 21.3. The maximum absolute atomic E-state index is 12.3. The lowest BCUT2D eigenvalue weighted by molar-refractivity contribution is -0.153. The third-order valence-corrected chi connectivity index (χ3v) is 3.71. The van der Waals surface area contributed by atoms with Crippen LogP contribution in [-0.2, 0) is 6.54 Å². The van der Waals surface area contributed by atoms with Crippen molar-refractivity contribution in [1.82, 2.24) is 5.32 Å². The fourth-order valence-corrected chi connectivity index (χ4v) is 2.43. The first kappa shape index (κ1) is 22.2. The number of methoxy groups -OCH3 is 2. The molecule has 0 radical (unpaired) electrons. The first-order valence-electron chi connectivity index (χ1n) is 8.90. The van der Waals surface area contributed by atoms with Crippen LogP contribution in [0.15, 0.2) is 47.5 Å². The summed E-state index contributed by atoms with van der Waals surface area (Å²) in [5, 5.41) is 6.27. The molecule has 2 aromatic carbocycles. The van der Waals surface area contributed by atoms with E-state index in [0.717, 1.165) is 5.69 Å². The highest BCUT2D eigenvalue weighted by molar-refractivity contribution is 5.93. The number of ether oxygens (including phenoxy) is 3. The molecule has 2 aromatic rings. The van der Waals surface area contributed by atoms with E-state index in [1.807, 2.05) is 13.0 Å². The molecule has 0 heterocycles. The maximum Gasteiger partial charge on any atom is 0.422 e. The lowest BCUT2D eigenvalue weighted by atomic mass is 10.2. The fraction of sp³-hybridized carbons (Fsp3) is 0.350. The topological polar surface area (TPSA) is 64.1 Å². The second kappa shape index (κ2) is 10.4. The van der Waals surface area contributed by atoms with Crippen LogP contribution in [0, 0.1) is 0 Å². The second-order valence-electron chi connectivity index (χ2n) is 5.94. The van der Waals surface area contributed by atoms with Crippen molar-refractivity contribution in [3.8, 4) is 17.2 Å². The number of hydrogen-bond acceptors (Lipinski definition) is 4. The van der Waals surface area contributed by atoms with Crippen LogP contribution in [0.5, 0.6) is 17.2 Å². The van der Waals surface area contributed by atoms with Gasteiger partial charge in [-0.1, -0.05) is 12.1 Å². The van der Waals surface area contributed by atoms with Crippen molar-refractivity contribution in [3.05, 3.63) is 48.0 Å². The predicted molar refractivity (Wildman–Crippen MR) is 106 cm³/mol. The smallest absolute Gasteiger partial charge is 0.422 e. The number of aliphatic imine (C=N–C) groups is 1. The van der Waals surface area contributed by atoms with Crippen molar-refractivity contribution >= 4 is 11.6 Å². The quantitative estimate of drug-likeness (QED) is 0.503. The molecule has 0 aliphatic heterocycles. The van der Waals surface area contributed by atoms with Gasteiger partial charge in [0.1, 0.15) is 5.75 Å². The Kier molecular flexibility index (Phi) is 7.99. The van der Waals surface area contributed by atoms with Gasteiger partial charge in [0.05, 0.1) is 20.8 Å². The standard InChI is InChI=1S/C20H24F3N3O3/c1-4-24-19(26-15-8-9-17(27-2)18(11-15)28-3)25-12-14-6-5-7-16(10-14)29-13-20(21,22)23/h5-11H,4,12-13H2,1-3H3,(H2,24,25,26). The summed E-state index contributed by atoms with van der Waals surface area (Å²) in [5.41, 5.74) is 1.46. The van der Waals surface area contributed by atoms with Crippen LogP contribution < -0.4 is 24.8 Å². The highest BCUT2D eigenvalue weighted by atomic mass is 19.4. The van der Waals surface area contributed by atoms with E-state index in [1.54, 1.807) is 38.5 Å². The van der Waals surface area contributed by atoms with Crippen LogP contribution in [0.4, 0.5) is 18.9 Å². The zero-order valence-electron chi connectivity index (χ0n) is 16.5. The molecule has 0 fully saturated rings. The number of guanidine groups is 1. The van der Waals surface area contributed by atoms with E-state index in [1.165, 1.54) is 12.1 Å². The molecule has 0 saturated heterocycles. The third-order valence-electron chi connectivity index (χ3n) is 3.71. The molecule has 0 aromatic heterocycles. The van der Waals surface area contributed by atoms with Gasteiger partial charge in [-0.3, -0.25) is 0 Å². The average molecular weight is 411 g/mol. The second-order valence-corrected chi connectivity index (χ2v) is 5.94. The lowest BCUT2D eigenvalue weighted by Crippen LogP contribution is -2.30. The van der Waals surface area contributed by atoms with Crippen molar-refractivity contribution in [1.29, 1.82) is 0 Å². The lowest BCUT2D eigenvalue weighted by Gasteiger charge is -2.14.